The van der Waals surface area contributed by atoms with Gasteiger partial charge in [0.25, 0.3) is 17.7 Å². The second kappa shape index (κ2) is 7.22. The third-order valence-electron chi connectivity index (χ3n) is 5.80. The molecular formula is C24H20N2O3S. The van der Waals surface area contributed by atoms with Gasteiger partial charge in [-0.2, -0.15) is 0 Å². The summed E-state index contributed by atoms with van der Waals surface area (Å²) >= 11 is 1.65. The molecule has 150 valence electrons. The highest BCUT2D eigenvalue weighted by Crippen LogP contribution is 2.34. The van der Waals surface area contributed by atoms with Crippen LogP contribution in [0.25, 0.3) is 0 Å². The lowest BCUT2D eigenvalue weighted by atomic mass is 9.88. The number of nitrogens with one attached hydrogen (secondary N) is 1. The summed E-state index contributed by atoms with van der Waals surface area (Å²) in [5, 5.41) is 4.88. The molecule has 0 saturated heterocycles. The number of amides is 3. The van der Waals surface area contributed by atoms with Crippen molar-refractivity contribution in [2.75, 3.05) is 10.2 Å². The molecule has 2 aromatic carbocycles. The normalized spacial score (nSPS) is 17.6. The molecule has 0 bridgehead atoms. The summed E-state index contributed by atoms with van der Waals surface area (Å²) in [7, 11) is 0. The fourth-order valence-electron chi connectivity index (χ4n) is 4.21. The van der Waals surface area contributed by atoms with Crippen LogP contribution in [0, 0.1) is 5.92 Å². The molecule has 1 aliphatic carbocycles. The minimum absolute atomic E-state index is 0.151. The molecule has 3 aromatic rings. The Bertz CT molecular complexity index is 1160. The fourth-order valence-corrected chi connectivity index (χ4v) is 5.46. The second-order valence-electron chi connectivity index (χ2n) is 7.89. The fraction of sp³-hybridized carbons (Fsp3) is 0.208. The van der Waals surface area contributed by atoms with Crippen molar-refractivity contribution in [2.24, 2.45) is 5.92 Å². The summed E-state index contributed by atoms with van der Waals surface area (Å²) in [6, 6.07) is 13.7. The van der Waals surface area contributed by atoms with Gasteiger partial charge in [0.1, 0.15) is 0 Å². The first-order chi connectivity index (χ1) is 14.5. The van der Waals surface area contributed by atoms with Gasteiger partial charge in [-0.25, -0.2) is 4.90 Å². The lowest BCUT2D eigenvalue weighted by molar-refractivity contribution is 0.0925. The third kappa shape index (κ3) is 3.04. The Morgan fingerprint density at radius 1 is 1.07 bits per heavy atom. The van der Waals surface area contributed by atoms with Crippen molar-refractivity contribution in [3.05, 3.63) is 81.0 Å². The van der Waals surface area contributed by atoms with E-state index in [1.165, 1.54) is 4.88 Å². The van der Waals surface area contributed by atoms with Crippen LogP contribution in [-0.4, -0.2) is 17.7 Å². The van der Waals surface area contributed by atoms with Crippen LogP contribution in [0.15, 0.2) is 53.9 Å². The highest BCUT2D eigenvalue weighted by molar-refractivity contribution is 7.10. The molecule has 2 heterocycles. The minimum atomic E-state index is -0.347. The molecule has 3 amide bonds. The van der Waals surface area contributed by atoms with E-state index in [1.54, 1.807) is 59.9 Å². The SMILES string of the molecule is CC1CCc2c(C(=O)Nc3cccc(N4C(=O)c5ccccc5C4=O)c3)csc2C1. The van der Waals surface area contributed by atoms with E-state index in [-0.39, 0.29) is 17.7 Å². The highest BCUT2D eigenvalue weighted by Gasteiger charge is 2.36. The predicted molar refractivity (Wildman–Crippen MR) is 117 cm³/mol. The third-order valence-corrected chi connectivity index (χ3v) is 6.85. The van der Waals surface area contributed by atoms with E-state index in [1.807, 2.05) is 5.38 Å². The second-order valence-corrected chi connectivity index (χ2v) is 8.86. The van der Waals surface area contributed by atoms with E-state index < -0.39 is 0 Å². The van der Waals surface area contributed by atoms with Gasteiger partial charge in [0.2, 0.25) is 0 Å². The average molecular weight is 417 g/mol. The number of hydrogen-bond donors (Lipinski definition) is 1. The zero-order chi connectivity index (χ0) is 20.8. The number of hydrogen-bond acceptors (Lipinski definition) is 4. The van der Waals surface area contributed by atoms with Crippen molar-refractivity contribution in [3.8, 4) is 0 Å². The molecule has 0 saturated carbocycles. The van der Waals surface area contributed by atoms with Gasteiger partial charge in [-0.3, -0.25) is 14.4 Å². The summed E-state index contributed by atoms with van der Waals surface area (Å²) < 4.78 is 0. The van der Waals surface area contributed by atoms with Crippen molar-refractivity contribution in [2.45, 2.75) is 26.2 Å². The largest absolute Gasteiger partial charge is 0.322 e. The van der Waals surface area contributed by atoms with Crippen molar-refractivity contribution < 1.29 is 14.4 Å². The van der Waals surface area contributed by atoms with Gasteiger partial charge in [0, 0.05) is 15.9 Å². The monoisotopic (exact) mass is 416 g/mol. The van der Waals surface area contributed by atoms with Crippen LogP contribution in [0.3, 0.4) is 0 Å². The summed E-state index contributed by atoms with van der Waals surface area (Å²) in [6.07, 6.45) is 3.06. The van der Waals surface area contributed by atoms with Crippen molar-refractivity contribution in [3.63, 3.8) is 0 Å². The number of carbonyl (C=O) groups is 3. The maximum absolute atomic E-state index is 12.9. The van der Waals surface area contributed by atoms with E-state index in [4.69, 9.17) is 0 Å². The van der Waals surface area contributed by atoms with Crippen LogP contribution < -0.4 is 10.2 Å². The van der Waals surface area contributed by atoms with Crippen LogP contribution in [0.2, 0.25) is 0 Å². The zero-order valence-corrected chi connectivity index (χ0v) is 17.3. The predicted octanol–water partition coefficient (Wildman–Crippen LogP) is 4.93. The van der Waals surface area contributed by atoms with E-state index >= 15 is 0 Å². The molecule has 1 aliphatic heterocycles. The molecule has 1 unspecified atom stereocenters. The summed E-state index contributed by atoms with van der Waals surface area (Å²) in [6.45, 7) is 2.24. The first-order valence-corrected chi connectivity index (χ1v) is 10.9. The van der Waals surface area contributed by atoms with Crippen molar-refractivity contribution >= 4 is 40.4 Å². The number of imide groups is 1. The molecule has 2 aliphatic rings. The topological polar surface area (TPSA) is 66.5 Å². The Labute approximate surface area is 178 Å². The Balaban J connectivity index is 1.40. The molecule has 6 heteroatoms. The summed E-state index contributed by atoms with van der Waals surface area (Å²) in [4.78, 5) is 40.8. The molecule has 30 heavy (non-hydrogen) atoms. The van der Waals surface area contributed by atoms with Gasteiger partial charge >= 0.3 is 0 Å². The first-order valence-electron chi connectivity index (χ1n) is 10.0. The van der Waals surface area contributed by atoms with Gasteiger partial charge in [-0.15, -0.1) is 11.3 Å². The molecule has 5 rings (SSSR count). The number of benzene rings is 2. The average Bonchev–Trinajstić information content (AvgIpc) is 3.27. The summed E-state index contributed by atoms with van der Waals surface area (Å²) in [5.41, 5.74) is 3.69. The number of nitrogens with zero attached hydrogens (tertiary/aromatic N) is 1. The maximum atomic E-state index is 12.9. The smallest absolute Gasteiger partial charge is 0.266 e. The van der Waals surface area contributed by atoms with Crippen LogP contribution in [0.4, 0.5) is 11.4 Å². The first kappa shape index (κ1) is 18.8. The highest BCUT2D eigenvalue weighted by atomic mass is 32.1. The zero-order valence-electron chi connectivity index (χ0n) is 16.5. The lowest BCUT2D eigenvalue weighted by Gasteiger charge is -2.19. The Morgan fingerprint density at radius 2 is 1.80 bits per heavy atom. The summed E-state index contributed by atoms with van der Waals surface area (Å²) in [5.74, 6) is -0.190. The van der Waals surface area contributed by atoms with E-state index in [2.05, 4.69) is 12.2 Å². The number of anilines is 2. The van der Waals surface area contributed by atoms with Crippen molar-refractivity contribution in [1.82, 2.24) is 0 Å². The number of carbonyl (C=O) groups excluding carboxylic acids is 3. The van der Waals surface area contributed by atoms with Gasteiger partial charge in [-0.1, -0.05) is 25.1 Å². The van der Waals surface area contributed by atoms with Crippen LogP contribution >= 0.6 is 11.3 Å². The van der Waals surface area contributed by atoms with Gasteiger partial charge < -0.3 is 5.32 Å². The molecule has 5 nitrogen and oxygen atoms in total. The molecule has 0 radical (unpaired) electrons. The number of fused-ring (bicyclic) bond motifs is 2. The lowest BCUT2D eigenvalue weighted by Crippen LogP contribution is -2.29. The van der Waals surface area contributed by atoms with Gasteiger partial charge in [-0.05, 0) is 61.1 Å². The number of rotatable bonds is 3. The van der Waals surface area contributed by atoms with E-state index in [9.17, 15) is 14.4 Å². The van der Waals surface area contributed by atoms with Crippen LogP contribution in [-0.2, 0) is 12.8 Å². The Kier molecular flexibility index (Phi) is 4.51. The minimum Gasteiger partial charge on any atom is -0.322 e. The number of thiophene rings is 1. The molecule has 1 atom stereocenters. The van der Waals surface area contributed by atoms with Crippen LogP contribution in [0.5, 0.6) is 0 Å². The van der Waals surface area contributed by atoms with Gasteiger partial charge in [0.15, 0.2) is 0 Å². The molecule has 1 N–H and O–H groups in total. The molecule has 0 spiro atoms. The molecular weight excluding hydrogens is 396 g/mol. The maximum Gasteiger partial charge on any atom is 0.266 e. The molecule has 1 aromatic heterocycles. The van der Waals surface area contributed by atoms with E-state index in [0.717, 1.165) is 35.3 Å². The Morgan fingerprint density at radius 3 is 2.53 bits per heavy atom. The standard InChI is InChI=1S/C24H20N2O3S/c1-14-9-10-17-20(13-30-21(17)11-14)22(27)25-15-5-4-6-16(12-15)26-23(28)18-7-2-3-8-19(18)24(26)29/h2-8,12-14H,9-11H2,1H3,(H,25,27). The van der Waals surface area contributed by atoms with Crippen LogP contribution in [0.1, 0.15) is 54.9 Å². The van der Waals surface area contributed by atoms with Crippen molar-refractivity contribution in [1.29, 1.82) is 0 Å². The Hall–Kier alpha value is -3.25. The quantitative estimate of drug-likeness (QED) is 0.616. The van der Waals surface area contributed by atoms with Gasteiger partial charge in [0.05, 0.1) is 22.4 Å². The molecule has 0 fully saturated rings. The van der Waals surface area contributed by atoms with E-state index in [0.29, 0.717) is 28.4 Å².